The SMILES string of the molecule is CCCc1nc(CCN2CC(C)CC(C)C2)sc1C(=O)O. The highest BCUT2D eigenvalue weighted by atomic mass is 32.1. The van der Waals surface area contributed by atoms with Crippen LogP contribution in [0.5, 0.6) is 0 Å². The van der Waals surface area contributed by atoms with Gasteiger partial charge in [-0.25, -0.2) is 9.78 Å². The van der Waals surface area contributed by atoms with Crippen molar-refractivity contribution in [2.75, 3.05) is 19.6 Å². The van der Waals surface area contributed by atoms with Gasteiger partial charge in [0.25, 0.3) is 0 Å². The second-order valence-electron chi connectivity index (χ2n) is 6.39. The lowest BCUT2D eigenvalue weighted by Crippen LogP contribution is -2.39. The zero-order chi connectivity index (χ0) is 15.4. The zero-order valence-corrected chi connectivity index (χ0v) is 14.1. The number of carboxylic acids is 1. The van der Waals surface area contributed by atoms with E-state index >= 15 is 0 Å². The maximum absolute atomic E-state index is 11.3. The van der Waals surface area contributed by atoms with Crippen molar-refractivity contribution in [3.63, 3.8) is 0 Å². The summed E-state index contributed by atoms with van der Waals surface area (Å²) in [5, 5.41) is 10.2. The Balaban J connectivity index is 1.96. The predicted molar refractivity (Wildman–Crippen MR) is 86.2 cm³/mol. The summed E-state index contributed by atoms with van der Waals surface area (Å²) in [6.45, 7) is 9.99. The molecule has 21 heavy (non-hydrogen) atoms. The minimum Gasteiger partial charge on any atom is -0.477 e. The van der Waals surface area contributed by atoms with Crippen molar-refractivity contribution in [2.45, 2.75) is 46.5 Å². The van der Waals surface area contributed by atoms with Gasteiger partial charge >= 0.3 is 5.97 Å². The summed E-state index contributed by atoms with van der Waals surface area (Å²) in [4.78, 5) is 18.8. The third-order valence-corrected chi connectivity index (χ3v) is 5.15. The number of aromatic nitrogens is 1. The first-order valence-electron chi connectivity index (χ1n) is 7.93. The molecule has 1 aliphatic rings. The smallest absolute Gasteiger partial charge is 0.347 e. The van der Waals surface area contributed by atoms with E-state index in [0.717, 1.165) is 61.4 Å². The van der Waals surface area contributed by atoms with Gasteiger partial charge in [0.1, 0.15) is 4.88 Å². The predicted octanol–water partition coefficient (Wildman–Crippen LogP) is 3.31. The summed E-state index contributed by atoms with van der Waals surface area (Å²) in [6.07, 6.45) is 3.88. The molecule has 0 aromatic carbocycles. The standard InChI is InChI=1S/C16H26N2O2S/c1-4-5-13-15(16(19)20)21-14(17-13)6-7-18-9-11(2)8-12(3)10-18/h11-12H,4-10H2,1-3H3,(H,19,20). The van der Waals surface area contributed by atoms with Crippen LogP contribution in [-0.2, 0) is 12.8 Å². The molecule has 1 aromatic rings. The molecule has 2 atom stereocenters. The number of hydrogen-bond acceptors (Lipinski definition) is 4. The van der Waals surface area contributed by atoms with Gasteiger partial charge in [0.05, 0.1) is 10.7 Å². The molecule has 1 aromatic heterocycles. The quantitative estimate of drug-likeness (QED) is 0.876. The Bertz CT molecular complexity index is 477. The van der Waals surface area contributed by atoms with E-state index in [1.165, 1.54) is 17.8 Å². The molecule has 0 radical (unpaired) electrons. The van der Waals surface area contributed by atoms with Crippen molar-refractivity contribution in [1.29, 1.82) is 0 Å². The normalized spacial score (nSPS) is 23.4. The second-order valence-corrected chi connectivity index (χ2v) is 7.48. The van der Waals surface area contributed by atoms with Gasteiger partial charge in [-0.15, -0.1) is 11.3 Å². The number of rotatable bonds is 6. The maximum Gasteiger partial charge on any atom is 0.347 e. The molecule has 5 heteroatoms. The zero-order valence-electron chi connectivity index (χ0n) is 13.3. The van der Waals surface area contributed by atoms with Crippen molar-refractivity contribution in [1.82, 2.24) is 9.88 Å². The molecule has 2 unspecified atom stereocenters. The summed E-state index contributed by atoms with van der Waals surface area (Å²) in [6, 6.07) is 0. The Morgan fingerprint density at radius 1 is 1.33 bits per heavy atom. The van der Waals surface area contributed by atoms with E-state index in [4.69, 9.17) is 0 Å². The third kappa shape index (κ3) is 4.51. The molecule has 2 rings (SSSR count). The summed E-state index contributed by atoms with van der Waals surface area (Å²) >= 11 is 1.36. The topological polar surface area (TPSA) is 53.4 Å². The van der Waals surface area contributed by atoms with Crippen molar-refractivity contribution >= 4 is 17.3 Å². The highest BCUT2D eigenvalue weighted by Gasteiger charge is 2.22. The number of hydrogen-bond donors (Lipinski definition) is 1. The Labute approximate surface area is 131 Å². The van der Waals surface area contributed by atoms with Crippen LogP contribution in [0, 0.1) is 11.8 Å². The molecule has 2 heterocycles. The number of carboxylic acid groups (broad SMARTS) is 1. The van der Waals surface area contributed by atoms with E-state index < -0.39 is 5.97 Å². The van der Waals surface area contributed by atoms with Gasteiger partial charge in [0.2, 0.25) is 0 Å². The first-order valence-corrected chi connectivity index (χ1v) is 8.75. The third-order valence-electron chi connectivity index (χ3n) is 4.01. The molecule has 1 fully saturated rings. The number of nitrogens with zero attached hydrogens (tertiary/aromatic N) is 2. The molecule has 1 N–H and O–H groups in total. The van der Waals surface area contributed by atoms with Gasteiger partial charge in [-0.1, -0.05) is 27.2 Å². The molecule has 118 valence electrons. The van der Waals surface area contributed by atoms with Crippen LogP contribution in [0.2, 0.25) is 0 Å². The van der Waals surface area contributed by atoms with Crippen molar-refractivity contribution < 1.29 is 9.90 Å². The number of thiazole rings is 1. The lowest BCUT2D eigenvalue weighted by atomic mass is 9.92. The number of aromatic carboxylic acids is 1. The maximum atomic E-state index is 11.3. The average Bonchev–Trinajstić information content (AvgIpc) is 2.79. The van der Waals surface area contributed by atoms with Crippen LogP contribution in [0.15, 0.2) is 0 Å². The Morgan fingerprint density at radius 3 is 2.57 bits per heavy atom. The Hall–Kier alpha value is -0.940. The number of aryl methyl sites for hydroxylation is 1. The highest BCUT2D eigenvalue weighted by Crippen LogP contribution is 2.23. The van der Waals surface area contributed by atoms with Crippen molar-refractivity contribution in [2.24, 2.45) is 11.8 Å². The molecule has 0 bridgehead atoms. The van der Waals surface area contributed by atoms with E-state index in [1.807, 2.05) is 0 Å². The second kappa shape index (κ2) is 7.36. The van der Waals surface area contributed by atoms with Crippen LogP contribution >= 0.6 is 11.3 Å². The van der Waals surface area contributed by atoms with E-state index in [1.54, 1.807) is 0 Å². The average molecular weight is 310 g/mol. The molecule has 0 aliphatic carbocycles. The number of likely N-dealkylation sites (tertiary alicyclic amines) is 1. The van der Waals surface area contributed by atoms with Gasteiger partial charge < -0.3 is 10.0 Å². The van der Waals surface area contributed by atoms with E-state index in [0.29, 0.717) is 4.88 Å². The molecule has 0 spiro atoms. The van der Waals surface area contributed by atoms with Crippen molar-refractivity contribution in [3.05, 3.63) is 15.6 Å². The molecule has 1 saturated heterocycles. The van der Waals surface area contributed by atoms with Crippen LogP contribution in [0.25, 0.3) is 0 Å². The van der Waals surface area contributed by atoms with Crippen LogP contribution in [0.4, 0.5) is 0 Å². The lowest BCUT2D eigenvalue weighted by molar-refractivity contribution is 0.0700. The van der Waals surface area contributed by atoms with Crippen LogP contribution in [-0.4, -0.2) is 40.6 Å². The Morgan fingerprint density at radius 2 is 2.00 bits per heavy atom. The van der Waals surface area contributed by atoms with Crippen LogP contribution < -0.4 is 0 Å². The van der Waals surface area contributed by atoms with Crippen LogP contribution in [0.1, 0.15) is 54.0 Å². The molecular weight excluding hydrogens is 284 g/mol. The van der Waals surface area contributed by atoms with E-state index in [9.17, 15) is 9.90 Å². The van der Waals surface area contributed by atoms with Crippen molar-refractivity contribution in [3.8, 4) is 0 Å². The molecule has 1 aliphatic heterocycles. The largest absolute Gasteiger partial charge is 0.477 e. The van der Waals surface area contributed by atoms with Crippen LogP contribution in [0.3, 0.4) is 0 Å². The van der Waals surface area contributed by atoms with E-state index in [-0.39, 0.29) is 0 Å². The highest BCUT2D eigenvalue weighted by molar-refractivity contribution is 7.13. The van der Waals surface area contributed by atoms with Gasteiger partial charge in [0, 0.05) is 26.1 Å². The lowest BCUT2D eigenvalue weighted by Gasteiger charge is -2.34. The summed E-state index contributed by atoms with van der Waals surface area (Å²) < 4.78 is 0. The minimum atomic E-state index is -0.831. The molecule has 0 saturated carbocycles. The van der Waals surface area contributed by atoms with Gasteiger partial charge in [-0.05, 0) is 24.7 Å². The molecule has 4 nitrogen and oxygen atoms in total. The fourth-order valence-electron chi connectivity index (χ4n) is 3.31. The monoisotopic (exact) mass is 310 g/mol. The first kappa shape index (κ1) is 16.4. The molecular formula is C16H26N2O2S. The van der Waals surface area contributed by atoms with Gasteiger partial charge in [0.15, 0.2) is 0 Å². The fraction of sp³-hybridized carbons (Fsp3) is 0.750. The first-order chi connectivity index (χ1) is 9.99. The van der Waals surface area contributed by atoms with E-state index in [2.05, 4.69) is 30.7 Å². The Kier molecular flexibility index (Phi) is 5.76. The summed E-state index contributed by atoms with van der Waals surface area (Å²) in [5.74, 6) is 0.688. The molecule has 0 amide bonds. The van der Waals surface area contributed by atoms with Gasteiger partial charge in [-0.2, -0.15) is 0 Å². The summed E-state index contributed by atoms with van der Waals surface area (Å²) in [7, 11) is 0. The number of piperidine rings is 1. The number of carbonyl (C=O) groups is 1. The fourth-order valence-corrected chi connectivity index (χ4v) is 4.25. The summed E-state index contributed by atoms with van der Waals surface area (Å²) in [5.41, 5.74) is 0.769. The minimum absolute atomic E-state index is 0.437. The van der Waals surface area contributed by atoms with Gasteiger partial charge in [-0.3, -0.25) is 0 Å².